The van der Waals surface area contributed by atoms with Crippen LogP contribution in [0.1, 0.15) is 33.1 Å². The molecule has 0 aromatic carbocycles. The fourth-order valence-electron chi connectivity index (χ4n) is 1.27. The third kappa shape index (κ3) is 8.22. The molecule has 0 amide bonds. The molecule has 0 saturated heterocycles. The fourth-order valence-corrected chi connectivity index (χ4v) is 1.27. The average molecular weight is 188 g/mol. The van der Waals surface area contributed by atoms with Crippen LogP contribution in [-0.2, 0) is 0 Å². The van der Waals surface area contributed by atoms with Crippen LogP contribution < -0.4 is 5.73 Å². The fraction of sp³-hybridized carbons (Fsp3) is 1.00. The molecule has 80 valence electrons. The Morgan fingerprint density at radius 1 is 1.31 bits per heavy atom. The number of nitrogens with zero attached hydrogens (tertiary/aromatic N) is 1. The van der Waals surface area contributed by atoms with Crippen molar-refractivity contribution in [2.24, 2.45) is 5.73 Å². The Hall–Kier alpha value is -0.120. The highest BCUT2D eigenvalue weighted by Crippen LogP contribution is 1.98. The second-order valence-electron chi connectivity index (χ2n) is 3.62. The Labute approximate surface area is 81.9 Å². The van der Waals surface area contributed by atoms with E-state index in [1.165, 1.54) is 12.8 Å². The van der Waals surface area contributed by atoms with Gasteiger partial charge in [0.2, 0.25) is 0 Å². The predicted molar refractivity (Wildman–Crippen MR) is 56.7 cm³/mol. The van der Waals surface area contributed by atoms with Gasteiger partial charge in [0.15, 0.2) is 0 Å². The first-order chi connectivity index (χ1) is 6.20. The van der Waals surface area contributed by atoms with Crippen molar-refractivity contribution < 1.29 is 5.11 Å². The molecular formula is C10H24N2O. The minimum atomic E-state index is -0.193. The van der Waals surface area contributed by atoms with E-state index in [2.05, 4.69) is 11.8 Å². The van der Waals surface area contributed by atoms with E-state index in [0.29, 0.717) is 6.54 Å². The highest BCUT2D eigenvalue weighted by Gasteiger charge is 2.04. The van der Waals surface area contributed by atoms with Crippen molar-refractivity contribution >= 4 is 0 Å². The zero-order valence-corrected chi connectivity index (χ0v) is 9.00. The van der Waals surface area contributed by atoms with E-state index >= 15 is 0 Å². The third-order valence-electron chi connectivity index (χ3n) is 2.14. The summed E-state index contributed by atoms with van der Waals surface area (Å²) < 4.78 is 0. The summed E-state index contributed by atoms with van der Waals surface area (Å²) in [6.07, 6.45) is 3.10. The van der Waals surface area contributed by atoms with Gasteiger partial charge in [-0.05, 0) is 26.3 Å². The number of aliphatic hydroxyl groups is 1. The Morgan fingerprint density at radius 2 is 2.00 bits per heavy atom. The first-order valence-electron chi connectivity index (χ1n) is 5.31. The summed E-state index contributed by atoms with van der Waals surface area (Å²) in [5.41, 5.74) is 5.50. The average Bonchev–Trinajstić information content (AvgIpc) is 2.09. The molecule has 0 bridgehead atoms. The molecule has 0 fully saturated rings. The van der Waals surface area contributed by atoms with Crippen LogP contribution in [0.2, 0.25) is 0 Å². The zero-order chi connectivity index (χ0) is 10.1. The maximum atomic E-state index is 9.14. The van der Waals surface area contributed by atoms with Gasteiger partial charge in [0.05, 0.1) is 6.10 Å². The van der Waals surface area contributed by atoms with E-state index < -0.39 is 0 Å². The van der Waals surface area contributed by atoms with Crippen molar-refractivity contribution in [3.05, 3.63) is 0 Å². The molecule has 1 unspecified atom stereocenters. The highest BCUT2D eigenvalue weighted by atomic mass is 16.3. The lowest BCUT2D eigenvalue weighted by Gasteiger charge is -2.21. The molecule has 3 N–H and O–H groups in total. The van der Waals surface area contributed by atoms with E-state index in [-0.39, 0.29) is 6.10 Å². The van der Waals surface area contributed by atoms with Gasteiger partial charge in [0.1, 0.15) is 0 Å². The smallest absolute Gasteiger partial charge is 0.0524 e. The molecule has 0 saturated carbocycles. The van der Waals surface area contributed by atoms with Crippen LogP contribution >= 0.6 is 0 Å². The molecule has 0 spiro atoms. The predicted octanol–water partition coefficient (Wildman–Crippen LogP) is 0.818. The lowest BCUT2D eigenvalue weighted by Crippen LogP contribution is -2.32. The molecule has 0 aliphatic rings. The van der Waals surface area contributed by atoms with Crippen LogP contribution in [0.25, 0.3) is 0 Å². The second kappa shape index (κ2) is 8.48. The van der Waals surface area contributed by atoms with Crippen LogP contribution in [0, 0.1) is 0 Å². The first kappa shape index (κ1) is 12.9. The van der Waals surface area contributed by atoms with Gasteiger partial charge in [-0.1, -0.05) is 13.3 Å². The molecule has 3 heteroatoms. The lowest BCUT2D eigenvalue weighted by molar-refractivity contribution is 0.156. The van der Waals surface area contributed by atoms with Crippen LogP contribution in [0.15, 0.2) is 0 Å². The molecule has 0 aliphatic carbocycles. The molecule has 13 heavy (non-hydrogen) atoms. The summed E-state index contributed by atoms with van der Waals surface area (Å²) in [5.74, 6) is 0. The summed E-state index contributed by atoms with van der Waals surface area (Å²) in [7, 11) is 0. The molecule has 0 heterocycles. The Bertz CT molecular complexity index is 107. The largest absolute Gasteiger partial charge is 0.393 e. The maximum Gasteiger partial charge on any atom is 0.0524 e. The molecule has 1 atom stereocenters. The Kier molecular flexibility index (Phi) is 8.40. The topological polar surface area (TPSA) is 49.5 Å². The van der Waals surface area contributed by atoms with Crippen molar-refractivity contribution in [2.45, 2.75) is 39.2 Å². The van der Waals surface area contributed by atoms with Gasteiger partial charge in [-0.25, -0.2) is 0 Å². The number of nitrogens with two attached hydrogens (primary N) is 1. The summed E-state index contributed by atoms with van der Waals surface area (Å²) in [5, 5.41) is 9.14. The van der Waals surface area contributed by atoms with Crippen LogP contribution in [0.5, 0.6) is 0 Å². The van der Waals surface area contributed by atoms with Crippen LogP contribution in [0.3, 0.4) is 0 Å². The molecule has 3 nitrogen and oxygen atoms in total. The van der Waals surface area contributed by atoms with Crippen molar-refractivity contribution in [3.63, 3.8) is 0 Å². The Morgan fingerprint density at radius 3 is 2.46 bits per heavy atom. The van der Waals surface area contributed by atoms with E-state index in [0.717, 1.165) is 26.1 Å². The number of aliphatic hydroxyl groups excluding tert-OH is 1. The minimum Gasteiger partial charge on any atom is -0.393 e. The number of hydrogen-bond donors (Lipinski definition) is 2. The first-order valence-corrected chi connectivity index (χ1v) is 5.31. The summed E-state index contributed by atoms with van der Waals surface area (Å²) in [6.45, 7) is 7.77. The van der Waals surface area contributed by atoms with Gasteiger partial charge < -0.3 is 15.7 Å². The zero-order valence-electron chi connectivity index (χ0n) is 9.00. The summed E-state index contributed by atoms with van der Waals surface area (Å²) in [4.78, 5) is 2.33. The second-order valence-corrected chi connectivity index (χ2v) is 3.62. The number of hydrogen-bond acceptors (Lipinski definition) is 3. The maximum absolute atomic E-state index is 9.14. The van der Waals surface area contributed by atoms with Crippen molar-refractivity contribution in [3.8, 4) is 0 Å². The lowest BCUT2D eigenvalue weighted by atomic mass is 10.2. The highest BCUT2D eigenvalue weighted by molar-refractivity contribution is 4.60. The molecule has 0 radical (unpaired) electrons. The summed E-state index contributed by atoms with van der Waals surface area (Å²) in [6, 6.07) is 0. The number of unbranched alkanes of at least 4 members (excludes halogenated alkanes) is 1. The molecule has 0 aromatic rings. The minimum absolute atomic E-state index is 0.193. The molecule has 0 aromatic heterocycles. The van der Waals surface area contributed by atoms with Gasteiger partial charge >= 0.3 is 0 Å². The van der Waals surface area contributed by atoms with Crippen molar-refractivity contribution in [2.75, 3.05) is 26.2 Å². The molecular weight excluding hydrogens is 164 g/mol. The van der Waals surface area contributed by atoms with E-state index in [9.17, 15) is 0 Å². The SMILES string of the molecule is CCCCN(CCN)CCC(C)O. The van der Waals surface area contributed by atoms with E-state index in [1.54, 1.807) is 0 Å². The van der Waals surface area contributed by atoms with Gasteiger partial charge in [-0.3, -0.25) is 0 Å². The molecule has 0 rings (SSSR count). The third-order valence-corrected chi connectivity index (χ3v) is 2.14. The standard InChI is InChI=1S/C10H24N2O/c1-3-4-7-12(9-6-11)8-5-10(2)13/h10,13H,3-9,11H2,1-2H3. The van der Waals surface area contributed by atoms with Crippen molar-refractivity contribution in [1.29, 1.82) is 0 Å². The van der Waals surface area contributed by atoms with Gasteiger partial charge in [0.25, 0.3) is 0 Å². The van der Waals surface area contributed by atoms with Crippen LogP contribution in [0.4, 0.5) is 0 Å². The van der Waals surface area contributed by atoms with Gasteiger partial charge in [0, 0.05) is 19.6 Å². The monoisotopic (exact) mass is 188 g/mol. The molecule has 0 aliphatic heterocycles. The van der Waals surface area contributed by atoms with E-state index in [4.69, 9.17) is 10.8 Å². The van der Waals surface area contributed by atoms with Gasteiger partial charge in [-0.2, -0.15) is 0 Å². The van der Waals surface area contributed by atoms with Gasteiger partial charge in [-0.15, -0.1) is 0 Å². The van der Waals surface area contributed by atoms with E-state index in [1.807, 2.05) is 6.92 Å². The van der Waals surface area contributed by atoms with Crippen molar-refractivity contribution in [1.82, 2.24) is 4.90 Å². The Balaban J connectivity index is 3.53. The number of rotatable bonds is 8. The quantitative estimate of drug-likeness (QED) is 0.593. The normalized spacial score (nSPS) is 13.6. The summed E-state index contributed by atoms with van der Waals surface area (Å²) >= 11 is 0. The van der Waals surface area contributed by atoms with Crippen LogP contribution in [-0.4, -0.2) is 42.3 Å².